The van der Waals surface area contributed by atoms with Crippen LogP contribution in [0.5, 0.6) is 5.75 Å². The first kappa shape index (κ1) is 22.9. The molecule has 0 aliphatic carbocycles. The molecule has 0 saturated carbocycles. The van der Waals surface area contributed by atoms with Crippen LogP contribution < -0.4 is 15.0 Å². The average molecular weight is 473 g/mol. The Bertz CT molecular complexity index is 1430. The number of rotatable bonds is 4. The van der Waals surface area contributed by atoms with Gasteiger partial charge in [0.25, 0.3) is 5.91 Å². The summed E-state index contributed by atoms with van der Waals surface area (Å²) in [7, 11) is 3.81. The van der Waals surface area contributed by atoms with Crippen molar-refractivity contribution in [2.45, 2.75) is 33.2 Å². The molecule has 0 bridgehead atoms. The molecule has 0 fully saturated rings. The Balaban J connectivity index is 1.60. The molecule has 180 valence electrons. The van der Waals surface area contributed by atoms with Crippen molar-refractivity contribution in [1.82, 2.24) is 14.9 Å². The molecule has 1 aliphatic rings. The van der Waals surface area contributed by atoms with Gasteiger partial charge in [-0.15, -0.1) is 0 Å². The number of nitrogens with zero attached hydrogens (tertiary/aromatic N) is 3. The molecule has 0 unspecified atom stereocenters. The standard InChI is InChI=1S/C28H29FN4O2/c1-16-14-19(29)15-17(2)25(16)26-18(3)31-33-23(26)11-10-21(28(33)32(4)5)27(34)30-22-12-13-35-24-9-7-6-8-20(22)24/h6-11,14-15,22H,12-13H2,1-5H3,(H,30,34)/t22-/m0/s1. The van der Waals surface area contributed by atoms with Gasteiger partial charge in [-0.3, -0.25) is 4.79 Å². The minimum Gasteiger partial charge on any atom is -0.493 e. The summed E-state index contributed by atoms with van der Waals surface area (Å²) in [6, 6.07) is 14.6. The number of hydrogen-bond donors (Lipinski definition) is 1. The van der Waals surface area contributed by atoms with Crippen molar-refractivity contribution in [2.24, 2.45) is 0 Å². The molecule has 0 saturated heterocycles. The van der Waals surface area contributed by atoms with Gasteiger partial charge < -0.3 is 15.0 Å². The molecular weight excluding hydrogens is 443 g/mol. The summed E-state index contributed by atoms with van der Waals surface area (Å²) < 4.78 is 21.5. The first-order valence-corrected chi connectivity index (χ1v) is 11.8. The van der Waals surface area contributed by atoms with E-state index in [1.807, 2.05) is 80.7 Å². The number of carbonyl (C=O) groups is 1. The van der Waals surface area contributed by atoms with Crippen LogP contribution in [0.25, 0.3) is 16.6 Å². The zero-order valence-electron chi connectivity index (χ0n) is 20.6. The molecule has 3 heterocycles. The maximum atomic E-state index is 14.0. The number of amides is 1. The highest BCUT2D eigenvalue weighted by Gasteiger charge is 2.27. The summed E-state index contributed by atoms with van der Waals surface area (Å²) in [6.07, 6.45) is 0.705. The number of benzene rings is 2. The SMILES string of the molecule is Cc1cc(F)cc(C)c1-c1c(C)nn2c(N(C)C)c(C(=O)N[C@H]3CCOc4ccccc43)ccc12. The molecule has 1 amide bonds. The van der Waals surface area contributed by atoms with Crippen molar-refractivity contribution in [3.63, 3.8) is 0 Å². The van der Waals surface area contributed by atoms with Gasteiger partial charge in [-0.25, -0.2) is 8.91 Å². The molecule has 2 aromatic heterocycles. The minimum absolute atomic E-state index is 0.127. The van der Waals surface area contributed by atoms with Crippen LogP contribution in [0, 0.1) is 26.6 Å². The van der Waals surface area contributed by atoms with E-state index in [1.165, 1.54) is 0 Å². The summed E-state index contributed by atoms with van der Waals surface area (Å²) >= 11 is 0. The molecule has 7 heteroatoms. The fraction of sp³-hybridized carbons (Fsp3) is 0.286. The van der Waals surface area contributed by atoms with E-state index in [2.05, 4.69) is 5.32 Å². The van der Waals surface area contributed by atoms with Crippen LogP contribution in [-0.4, -0.2) is 36.2 Å². The van der Waals surface area contributed by atoms with E-state index in [0.717, 1.165) is 44.8 Å². The van der Waals surface area contributed by atoms with Crippen LogP contribution in [0.2, 0.25) is 0 Å². The second-order valence-corrected chi connectivity index (χ2v) is 9.34. The Kier molecular flexibility index (Phi) is 5.71. The van der Waals surface area contributed by atoms with Gasteiger partial charge in [-0.2, -0.15) is 5.10 Å². The zero-order valence-corrected chi connectivity index (χ0v) is 20.6. The third-order valence-electron chi connectivity index (χ3n) is 6.63. The quantitative estimate of drug-likeness (QED) is 0.433. The van der Waals surface area contributed by atoms with E-state index in [1.54, 1.807) is 12.1 Å². The molecule has 0 spiro atoms. The highest BCUT2D eigenvalue weighted by molar-refractivity contribution is 6.01. The number of hydrogen-bond acceptors (Lipinski definition) is 4. The molecule has 1 aliphatic heterocycles. The van der Waals surface area contributed by atoms with Crippen molar-refractivity contribution in [3.05, 3.63) is 82.3 Å². The second kappa shape index (κ2) is 8.73. The number of aromatic nitrogens is 2. The third-order valence-corrected chi connectivity index (χ3v) is 6.63. The molecule has 2 aromatic carbocycles. The lowest BCUT2D eigenvalue weighted by Crippen LogP contribution is -2.33. The molecule has 6 nitrogen and oxygen atoms in total. The first-order chi connectivity index (χ1) is 16.8. The average Bonchev–Trinajstić information content (AvgIpc) is 3.13. The Morgan fingerprint density at radius 1 is 1.09 bits per heavy atom. The predicted molar refractivity (Wildman–Crippen MR) is 136 cm³/mol. The van der Waals surface area contributed by atoms with Crippen LogP contribution in [0.15, 0.2) is 48.5 Å². The van der Waals surface area contributed by atoms with Gasteiger partial charge in [-0.05, 0) is 67.8 Å². The van der Waals surface area contributed by atoms with Crippen molar-refractivity contribution in [1.29, 1.82) is 0 Å². The van der Waals surface area contributed by atoms with Crippen molar-refractivity contribution >= 4 is 17.2 Å². The Labute approximate surface area is 204 Å². The fourth-order valence-electron chi connectivity index (χ4n) is 5.16. The van der Waals surface area contributed by atoms with Crippen LogP contribution in [-0.2, 0) is 0 Å². The van der Waals surface area contributed by atoms with Gasteiger partial charge >= 0.3 is 0 Å². The smallest absolute Gasteiger partial charge is 0.255 e. The number of ether oxygens (including phenoxy) is 1. The monoisotopic (exact) mass is 472 g/mol. The van der Waals surface area contributed by atoms with E-state index >= 15 is 0 Å². The molecule has 1 N–H and O–H groups in total. The molecular formula is C28H29FN4O2. The number of aryl methyl sites for hydroxylation is 3. The molecule has 35 heavy (non-hydrogen) atoms. The number of pyridine rings is 1. The van der Waals surface area contributed by atoms with Gasteiger partial charge in [0.2, 0.25) is 0 Å². The number of nitrogens with one attached hydrogen (secondary N) is 1. The highest BCUT2D eigenvalue weighted by Crippen LogP contribution is 2.37. The van der Waals surface area contributed by atoms with E-state index < -0.39 is 0 Å². The predicted octanol–water partition coefficient (Wildman–Crippen LogP) is 5.39. The molecule has 4 aromatic rings. The van der Waals surface area contributed by atoms with Crippen molar-refractivity contribution < 1.29 is 13.9 Å². The Morgan fingerprint density at radius 2 is 1.80 bits per heavy atom. The number of fused-ring (bicyclic) bond motifs is 2. The summed E-state index contributed by atoms with van der Waals surface area (Å²) in [6.45, 7) is 6.33. The van der Waals surface area contributed by atoms with Gasteiger partial charge in [0.15, 0.2) is 0 Å². The van der Waals surface area contributed by atoms with Crippen LogP contribution in [0.4, 0.5) is 10.2 Å². The molecule has 1 atom stereocenters. The van der Waals surface area contributed by atoms with E-state index in [0.29, 0.717) is 24.4 Å². The number of anilines is 1. The van der Waals surface area contributed by atoms with Gasteiger partial charge in [-0.1, -0.05) is 18.2 Å². The maximum absolute atomic E-state index is 14.0. The largest absolute Gasteiger partial charge is 0.493 e. The summed E-state index contributed by atoms with van der Waals surface area (Å²) in [5.41, 5.74) is 6.85. The summed E-state index contributed by atoms with van der Waals surface area (Å²) in [5.74, 6) is 1.08. The molecule has 5 rings (SSSR count). The second-order valence-electron chi connectivity index (χ2n) is 9.34. The molecule has 0 radical (unpaired) electrons. The van der Waals surface area contributed by atoms with Crippen LogP contribution in [0.1, 0.15) is 45.2 Å². The summed E-state index contributed by atoms with van der Waals surface area (Å²) in [5, 5.41) is 8.02. The maximum Gasteiger partial charge on any atom is 0.255 e. The van der Waals surface area contributed by atoms with Gasteiger partial charge in [0.05, 0.1) is 29.4 Å². The number of para-hydroxylation sites is 1. The van der Waals surface area contributed by atoms with Crippen LogP contribution >= 0.6 is 0 Å². The lowest BCUT2D eigenvalue weighted by molar-refractivity contribution is 0.0925. The Hall–Kier alpha value is -3.87. The van der Waals surface area contributed by atoms with Crippen LogP contribution in [0.3, 0.4) is 0 Å². The number of carbonyl (C=O) groups excluding carboxylic acids is 1. The van der Waals surface area contributed by atoms with Gasteiger partial charge in [0, 0.05) is 31.6 Å². The normalized spacial score (nSPS) is 15.0. The number of halogens is 1. The lowest BCUT2D eigenvalue weighted by Gasteiger charge is -2.27. The minimum atomic E-state index is -0.250. The van der Waals surface area contributed by atoms with E-state index in [9.17, 15) is 9.18 Å². The highest BCUT2D eigenvalue weighted by atomic mass is 19.1. The van der Waals surface area contributed by atoms with E-state index in [4.69, 9.17) is 9.84 Å². The summed E-state index contributed by atoms with van der Waals surface area (Å²) in [4.78, 5) is 15.4. The lowest BCUT2D eigenvalue weighted by atomic mass is 9.94. The third kappa shape index (κ3) is 3.91. The van der Waals surface area contributed by atoms with Crippen molar-refractivity contribution in [2.75, 3.05) is 25.6 Å². The van der Waals surface area contributed by atoms with Crippen molar-refractivity contribution in [3.8, 4) is 16.9 Å². The topological polar surface area (TPSA) is 58.9 Å². The first-order valence-electron chi connectivity index (χ1n) is 11.8. The fourth-order valence-corrected chi connectivity index (χ4v) is 5.16. The Morgan fingerprint density at radius 3 is 2.51 bits per heavy atom. The van der Waals surface area contributed by atoms with E-state index in [-0.39, 0.29) is 17.8 Å². The zero-order chi connectivity index (χ0) is 24.9. The van der Waals surface area contributed by atoms with Gasteiger partial charge in [0.1, 0.15) is 17.4 Å².